The van der Waals surface area contributed by atoms with Gasteiger partial charge in [-0.15, -0.1) is 0 Å². The molecule has 0 aliphatic heterocycles. The first-order chi connectivity index (χ1) is 9.75. The third-order valence-corrected chi connectivity index (χ3v) is 8.71. The Hall–Kier alpha value is -1.12. The monoisotopic (exact) mass is 299 g/mol. The smallest absolute Gasteiger partial charge is 0.131 e. The Bertz CT molecular complexity index is 557. The number of allylic oxidation sites excluding steroid dienone is 4. The standard InChI is InChI=1S/C19H29NSi/c1-13-14(2)16(4)19(15(13)3)21(6,7)20-17(5)18-11-9-8-10-12-18/h8-12,17,19-20H,1-7H3. The summed E-state index contributed by atoms with van der Waals surface area (Å²) in [5.41, 5.74) is 8.18. The Morgan fingerprint density at radius 2 is 1.38 bits per heavy atom. The molecule has 2 heteroatoms. The summed E-state index contributed by atoms with van der Waals surface area (Å²) in [6.07, 6.45) is 0. The lowest BCUT2D eigenvalue weighted by Gasteiger charge is -2.36. The van der Waals surface area contributed by atoms with Crippen LogP contribution in [-0.2, 0) is 0 Å². The molecule has 0 saturated heterocycles. The Kier molecular flexibility index (Phi) is 4.59. The average Bonchev–Trinajstić information content (AvgIpc) is 2.63. The third-order valence-electron chi connectivity index (χ3n) is 5.22. The van der Waals surface area contributed by atoms with E-state index in [0.717, 1.165) is 0 Å². The molecular formula is C19H29NSi. The number of rotatable bonds is 4. The number of benzene rings is 1. The molecule has 0 spiro atoms. The van der Waals surface area contributed by atoms with Gasteiger partial charge in [-0.25, -0.2) is 0 Å². The third kappa shape index (κ3) is 3.07. The van der Waals surface area contributed by atoms with Gasteiger partial charge in [-0.3, -0.25) is 0 Å². The van der Waals surface area contributed by atoms with Crippen molar-refractivity contribution in [1.29, 1.82) is 0 Å². The second kappa shape index (κ2) is 5.94. The van der Waals surface area contributed by atoms with Gasteiger partial charge >= 0.3 is 0 Å². The topological polar surface area (TPSA) is 12.0 Å². The molecule has 0 amide bonds. The van der Waals surface area contributed by atoms with Crippen LogP contribution in [0.3, 0.4) is 0 Å². The molecular weight excluding hydrogens is 270 g/mol. The summed E-state index contributed by atoms with van der Waals surface area (Å²) >= 11 is 0. The Morgan fingerprint density at radius 1 is 0.905 bits per heavy atom. The molecule has 0 saturated carbocycles. The highest BCUT2D eigenvalue weighted by molar-refractivity contribution is 6.78. The van der Waals surface area contributed by atoms with Crippen molar-refractivity contribution >= 4 is 8.24 Å². The molecule has 0 aromatic heterocycles. The van der Waals surface area contributed by atoms with Gasteiger partial charge in [-0.2, -0.15) is 0 Å². The van der Waals surface area contributed by atoms with Crippen LogP contribution in [0.2, 0.25) is 18.6 Å². The zero-order valence-electron chi connectivity index (χ0n) is 14.5. The fourth-order valence-corrected chi connectivity index (χ4v) is 7.95. The normalized spacial score (nSPS) is 18.6. The van der Waals surface area contributed by atoms with Gasteiger partial charge in [0.15, 0.2) is 0 Å². The van der Waals surface area contributed by atoms with Gasteiger partial charge in [0, 0.05) is 11.6 Å². The number of nitrogens with one attached hydrogen (secondary N) is 1. The van der Waals surface area contributed by atoms with E-state index >= 15 is 0 Å². The van der Waals surface area contributed by atoms with Crippen LogP contribution in [0.1, 0.15) is 46.2 Å². The summed E-state index contributed by atoms with van der Waals surface area (Å²) in [5.74, 6) is 0. The molecule has 1 aromatic carbocycles. The maximum Gasteiger partial charge on any atom is 0.131 e. The molecule has 0 radical (unpaired) electrons. The summed E-state index contributed by atoms with van der Waals surface area (Å²) < 4.78 is 0. The Morgan fingerprint density at radius 3 is 1.86 bits per heavy atom. The second-order valence-corrected chi connectivity index (χ2v) is 11.4. The molecule has 1 N–H and O–H groups in total. The van der Waals surface area contributed by atoms with Crippen LogP contribution in [0, 0.1) is 0 Å². The van der Waals surface area contributed by atoms with E-state index in [4.69, 9.17) is 0 Å². The van der Waals surface area contributed by atoms with E-state index in [-0.39, 0.29) is 0 Å². The van der Waals surface area contributed by atoms with Crippen LogP contribution in [0.4, 0.5) is 0 Å². The lowest BCUT2D eigenvalue weighted by molar-refractivity contribution is 0.705. The van der Waals surface area contributed by atoms with Crippen LogP contribution in [0.5, 0.6) is 0 Å². The van der Waals surface area contributed by atoms with Crippen LogP contribution in [-0.4, -0.2) is 8.24 Å². The van der Waals surface area contributed by atoms with E-state index < -0.39 is 8.24 Å². The molecule has 0 fully saturated rings. The first-order valence-electron chi connectivity index (χ1n) is 7.93. The maximum absolute atomic E-state index is 3.99. The van der Waals surface area contributed by atoms with Gasteiger partial charge in [-0.05, 0) is 51.3 Å². The lowest BCUT2D eigenvalue weighted by Crippen LogP contribution is -2.50. The van der Waals surface area contributed by atoms with Gasteiger partial charge in [0.1, 0.15) is 8.24 Å². The van der Waals surface area contributed by atoms with Crippen molar-refractivity contribution in [3.63, 3.8) is 0 Å². The molecule has 0 heterocycles. The molecule has 1 nitrogen and oxygen atoms in total. The highest BCUT2D eigenvalue weighted by atomic mass is 28.3. The minimum absolute atomic E-state index is 0.412. The predicted octanol–water partition coefficient (Wildman–Crippen LogP) is 5.60. The van der Waals surface area contributed by atoms with E-state index in [0.29, 0.717) is 11.6 Å². The van der Waals surface area contributed by atoms with Gasteiger partial charge in [0.2, 0.25) is 0 Å². The maximum atomic E-state index is 3.99. The largest absolute Gasteiger partial charge is 0.330 e. The van der Waals surface area contributed by atoms with Gasteiger partial charge in [0.25, 0.3) is 0 Å². The predicted molar refractivity (Wildman–Crippen MR) is 96.0 cm³/mol. The van der Waals surface area contributed by atoms with Crippen molar-refractivity contribution < 1.29 is 0 Å². The molecule has 1 aliphatic carbocycles. The lowest BCUT2D eigenvalue weighted by atomic mass is 10.1. The van der Waals surface area contributed by atoms with Crippen molar-refractivity contribution in [2.45, 2.75) is 59.3 Å². The molecule has 1 atom stereocenters. The van der Waals surface area contributed by atoms with Gasteiger partial charge < -0.3 is 4.98 Å². The van der Waals surface area contributed by atoms with E-state index in [1.54, 1.807) is 11.1 Å². The SMILES string of the molecule is CC1=C(C)C([Si](C)(C)NC(C)c2ccccc2)C(C)=C1C. The average molecular weight is 300 g/mol. The zero-order chi connectivity index (χ0) is 15.8. The van der Waals surface area contributed by atoms with Crippen molar-refractivity contribution in [3.8, 4) is 0 Å². The van der Waals surface area contributed by atoms with Crippen molar-refractivity contribution in [2.75, 3.05) is 0 Å². The fourth-order valence-electron chi connectivity index (χ4n) is 3.90. The summed E-state index contributed by atoms with van der Waals surface area (Å²) in [5, 5.41) is 0. The van der Waals surface area contributed by atoms with Crippen LogP contribution in [0.15, 0.2) is 52.6 Å². The first kappa shape index (κ1) is 16.3. The minimum Gasteiger partial charge on any atom is -0.330 e. The second-order valence-electron chi connectivity index (χ2n) is 7.05. The molecule has 2 rings (SSSR count). The highest BCUT2D eigenvalue weighted by Crippen LogP contribution is 2.46. The zero-order valence-corrected chi connectivity index (χ0v) is 15.5. The van der Waals surface area contributed by atoms with Gasteiger partial charge in [0.05, 0.1) is 0 Å². The van der Waals surface area contributed by atoms with E-state index in [2.05, 4.69) is 83.0 Å². The summed E-state index contributed by atoms with van der Waals surface area (Å²) in [6, 6.07) is 11.2. The van der Waals surface area contributed by atoms with E-state index in [1.165, 1.54) is 16.7 Å². The number of hydrogen-bond donors (Lipinski definition) is 1. The van der Waals surface area contributed by atoms with Gasteiger partial charge in [-0.1, -0.05) is 54.6 Å². The quantitative estimate of drug-likeness (QED) is 0.714. The highest BCUT2D eigenvalue weighted by Gasteiger charge is 2.39. The van der Waals surface area contributed by atoms with E-state index in [1.807, 2.05) is 0 Å². The Balaban J connectivity index is 2.24. The van der Waals surface area contributed by atoms with Crippen LogP contribution in [0.25, 0.3) is 0 Å². The summed E-state index contributed by atoms with van der Waals surface area (Å²) in [6.45, 7) is 16.4. The summed E-state index contributed by atoms with van der Waals surface area (Å²) in [7, 11) is -1.59. The van der Waals surface area contributed by atoms with E-state index in [9.17, 15) is 0 Å². The first-order valence-corrected chi connectivity index (χ1v) is 11.0. The van der Waals surface area contributed by atoms with Crippen molar-refractivity contribution in [2.24, 2.45) is 0 Å². The molecule has 114 valence electrons. The molecule has 0 bridgehead atoms. The van der Waals surface area contributed by atoms with Crippen LogP contribution < -0.4 is 4.98 Å². The van der Waals surface area contributed by atoms with Crippen molar-refractivity contribution in [1.82, 2.24) is 4.98 Å². The molecule has 1 aromatic rings. The number of hydrogen-bond acceptors (Lipinski definition) is 1. The fraction of sp³-hybridized carbons (Fsp3) is 0.474. The Labute approximate surface area is 131 Å². The molecule has 1 unspecified atom stereocenters. The van der Waals surface area contributed by atoms with Crippen LogP contribution >= 0.6 is 0 Å². The molecule has 21 heavy (non-hydrogen) atoms. The molecule has 1 aliphatic rings. The minimum atomic E-state index is -1.59. The van der Waals surface area contributed by atoms with Crippen molar-refractivity contribution in [3.05, 3.63) is 58.2 Å². The summed E-state index contributed by atoms with van der Waals surface area (Å²) in [4.78, 5) is 3.99.